The third-order valence-corrected chi connectivity index (χ3v) is 2.63. The van der Waals surface area contributed by atoms with Gasteiger partial charge in [-0.1, -0.05) is 41.1 Å². The predicted octanol–water partition coefficient (Wildman–Crippen LogP) is 3.14. The summed E-state index contributed by atoms with van der Waals surface area (Å²) in [5, 5.41) is 0.402. The summed E-state index contributed by atoms with van der Waals surface area (Å²) < 4.78 is 0. The van der Waals surface area contributed by atoms with E-state index >= 15 is 0 Å². The number of carbonyl (C=O) groups excluding carboxylic acids is 1. The third kappa shape index (κ3) is 2.41. The van der Waals surface area contributed by atoms with Crippen molar-refractivity contribution in [2.24, 2.45) is 0 Å². The van der Waals surface area contributed by atoms with E-state index in [2.05, 4.69) is 28.9 Å². The minimum atomic E-state index is 0.153. The van der Waals surface area contributed by atoms with E-state index in [1.54, 1.807) is 0 Å². The van der Waals surface area contributed by atoms with Gasteiger partial charge >= 0.3 is 0 Å². The summed E-state index contributed by atoms with van der Waals surface area (Å²) in [7, 11) is 0. The second-order valence-electron chi connectivity index (χ2n) is 3.06. The normalized spacial score (nSPS) is 10.1. The molecular formula is C11H13BrO. The maximum atomic E-state index is 11.4. The quantitative estimate of drug-likeness (QED) is 0.587. The summed E-state index contributed by atoms with van der Waals surface area (Å²) in [4.78, 5) is 11.4. The molecule has 0 saturated heterocycles. The molecule has 0 aliphatic heterocycles. The monoisotopic (exact) mass is 240 g/mol. The summed E-state index contributed by atoms with van der Waals surface area (Å²) in [6.45, 7) is 4.09. The number of carbonyl (C=O) groups is 1. The number of benzene rings is 1. The van der Waals surface area contributed by atoms with Crippen molar-refractivity contribution >= 4 is 21.7 Å². The number of hydrogen-bond donors (Lipinski definition) is 0. The molecular weight excluding hydrogens is 228 g/mol. The Morgan fingerprint density at radius 1 is 1.46 bits per heavy atom. The van der Waals surface area contributed by atoms with Gasteiger partial charge in [0, 0.05) is 5.56 Å². The second-order valence-corrected chi connectivity index (χ2v) is 3.62. The summed E-state index contributed by atoms with van der Waals surface area (Å²) in [6, 6.07) is 6.01. The van der Waals surface area contributed by atoms with Gasteiger partial charge in [-0.25, -0.2) is 0 Å². The van der Waals surface area contributed by atoms with Crippen molar-refractivity contribution in [2.75, 3.05) is 5.33 Å². The van der Waals surface area contributed by atoms with E-state index in [4.69, 9.17) is 0 Å². The summed E-state index contributed by atoms with van der Waals surface area (Å²) in [6.07, 6.45) is 1.02. The molecule has 1 rings (SSSR count). The molecule has 0 atom stereocenters. The third-order valence-electron chi connectivity index (χ3n) is 2.12. The van der Waals surface area contributed by atoms with E-state index in [1.807, 2.05) is 19.1 Å². The highest BCUT2D eigenvalue weighted by atomic mass is 79.9. The van der Waals surface area contributed by atoms with E-state index in [0.29, 0.717) is 5.33 Å². The Balaban J connectivity index is 3.05. The van der Waals surface area contributed by atoms with Gasteiger partial charge in [-0.15, -0.1) is 0 Å². The van der Waals surface area contributed by atoms with Crippen molar-refractivity contribution in [2.45, 2.75) is 20.3 Å². The van der Waals surface area contributed by atoms with Crippen LogP contribution in [0.2, 0.25) is 0 Å². The zero-order valence-corrected chi connectivity index (χ0v) is 9.52. The van der Waals surface area contributed by atoms with Gasteiger partial charge in [-0.3, -0.25) is 4.79 Å². The molecule has 1 aromatic rings. The summed E-state index contributed by atoms with van der Waals surface area (Å²) in [5.74, 6) is 0.153. The Bertz CT molecular complexity index is 318. The van der Waals surface area contributed by atoms with Gasteiger partial charge in [-0.2, -0.15) is 0 Å². The molecule has 0 heterocycles. The van der Waals surface area contributed by atoms with Gasteiger partial charge in [-0.05, 0) is 24.5 Å². The fraction of sp³-hybridized carbons (Fsp3) is 0.364. The van der Waals surface area contributed by atoms with Crippen LogP contribution >= 0.6 is 15.9 Å². The summed E-state index contributed by atoms with van der Waals surface area (Å²) >= 11 is 3.17. The van der Waals surface area contributed by atoms with Crippen molar-refractivity contribution in [3.8, 4) is 0 Å². The van der Waals surface area contributed by atoms with Gasteiger partial charge in [0.15, 0.2) is 5.78 Å². The van der Waals surface area contributed by atoms with Crippen molar-refractivity contribution in [3.63, 3.8) is 0 Å². The van der Waals surface area contributed by atoms with Crippen LogP contribution in [0.3, 0.4) is 0 Å². The van der Waals surface area contributed by atoms with Crippen molar-refractivity contribution in [3.05, 3.63) is 34.9 Å². The predicted molar refractivity (Wildman–Crippen MR) is 58.7 cm³/mol. The maximum Gasteiger partial charge on any atom is 0.173 e. The molecule has 70 valence electrons. The minimum absolute atomic E-state index is 0.153. The standard InChI is InChI=1S/C11H13BrO/c1-3-9-4-5-10(8(2)6-9)11(13)7-12/h4-6H,3,7H2,1-2H3. The molecule has 2 heteroatoms. The number of Topliss-reactive ketones (excluding diaryl/α,β-unsaturated/α-hetero) is 1. The van der Waals surface area contributed by atoms with Crippen LogP contribution in [-0.2, 0) is 6.42 Å². The Kier molecular flexibility index (Phi) is 3.67. The average molecular weight is 241 g/mol. The Hall–Kier alpha value is -0.630. The molecule has 0 aliphatic rings. The van der Waals surface area contributed by atoms with E-state index in [0.717, 1.165) is 17.5 Å². The first-order valence-electron chi connectivity index (χ1n) is 4.37. The maximum absolute atomic E-state index is 11.4. The highest BCUT2D eigenvalue weighted by molar-refractivity contribution is 9.09. The first-order valence-corrected chi connectivity index (χ1v) is 5.50. The fourth-order valence-electron chi connectivity index (χ4n) is 1.33. The lowest BCUT2D eigenvalue weighted by Crippen LogP contribution is -2.02. The van der Waals surface area contributed by atoms with Crippen molar-refractivity contribution in [1.82, 2.24) is 0 Å². The van der Waals surface area contributed by atoms with Crippen LogP contribution in [0.25, 0.3) is 0 Å². The smallest absolute Gasteiger partial charge is 0.173 e. The van der Waals surface area contributed by atoms with Crippen LogP contribution in [-0.4, -0.2) is 11.1 Å². The molecule has 0 radical (unpaired) electrons. The molecule has 0 saturated carbocycles. The van der Waals surface area contributed by atoms with Crippen LogP contribution in [0.15, 0.2) is 18.2 Å². The molecule has 1 nitrogen and oxygen atoms in total. The van der Waals surface area contributed by atoms with Gasteiger partial charge in [0.1, 0.15) is 0 Å². The highest BCUT2D eigenvalue weighted by Crippen LogP contribution is 2.13. The van der Waals surface area contributed by atoms with E-state index < -0.39 is 0 Å². The number of hydrogen-bond acceptors (Lipinski definition) is 1. The average Bonchev–Trinajstić information content (AvgIpc) is 2.16. The molecule has 0 unspecified atom stereocenters. The number of rotatable bonds is 3. The molecule has 13 heavy (non-hydrogen) atoms. The Labute approximate surface area is 87.3 Å². The lowest BCUT2D eigenvalue weighted by Gasteiger charge is -2.04. The number of alkyl halides is 1. The first-order chi connectivity index (χ1) is 6.19. The molecule has 1 aromatic carbocycles. The fourth-order valence-corrected chi connectivity index (χ4v) is 1.63. The summed E-state index contributed by atoms with van der Waals surface area (Å²) in [5.41, 5.74) is 3.18. The van der Waals surface area contributed by atoms with Gasteiger partial charge in [0.25, 0.3) is 0 Å². The molecule has 0 N–H and O–H groups in total. The molecule has 0 spiro atoms. The molecule has 0 aliphatic carbocycles. The Morgan fingerprint density at radius 3 is 2.62 bits per heavy atom. The van der Waals surface area contributed by atoms with Gasteiger partial charge in [0.05, 0.1) is 5.33 Å². The topological polar surface area (TPSA) is 17.1 Å². The largest absolute Gasteiger partial charge is 0.293 e. The zero-order chi connectivity index (χ0) is 9.84. The SMILES string of the molecule is CCc1ccc(C(=O)CBr)c(C)c1. The number of aryl methyl sites for hydroxylation is 2. The molecule has 0 fully saturated rings. The van der Waals surface area contributed by atoms with Gasteiger partial charge in [0.2, 0.25) is 0 Å². The van der Waals surface area contributed by atoms with Crippen LogP contribution in [0.5, 0.6) is 0 Å². The lowest BCUT2D eigenvalue weighted by atomic mass is 10.0. The number of halogens is 1. The number of ketones is 1. The highest BCUT2D eigenvalue weighted by Gasteiger charge is 2.06. The lowest BCUT2D eigenvalue weighted by molar-refractivity contribution is 0.102. The van der Waals surface area contributed by atoms with Crippen LogP contribution < -0.4 is 0 Å². The van der Waals surface area contributed by atoms with Crippen LogP contribution in [0.1, 0.15) is 28.4 Å². The van der Waals surface area contributed by atoms with Crippen LogP contribution in [0, 0.1) is 6.92 Å². The molecule has 0 bridgehead atoms. The van der Waals surface area contributed by atoms with Crippen molar-refractivity contribution in [1.29, 1.82) is 0 Å². The van der Waals surface area contributed by atoms with Crippen molar-refractivity contribution < 1.29 is 4.79 Å². The van der Waals surface area contributed by atoms with E-state index in [1.165, 1.54) is 5.56 Å². The van der Waals surface area contributed by atoms with E-state index in [-0.39, 0.29) is 5.78 Å². The van der Waals surface area contributed by atoms with E-state index in [9.17, 15) is 4.79 Å². The minimum Gasteiger partial charge on any atom is -0.293 e. The van der Waals surface area contributed by atoms with Gasteiger partial charge < -0.3 is 0 Å². The molecule has 0 amide bonds. The molecule has 0 aromatic heterocycles. The Morgan fingerprint density at radius 2 is 2.15 bits per heavy atom. The first kappa shape index (κ1) is 10.5. The zero-order valence-electron chi connectivity index (χ0n) is 7.93. The second kappa shape index (κ2) is 4.56. The van der Waals surface area contributed by atoms with Crippen LogP contribution in [0.4, 0.5) is 0 Å².